The second kappa shape index (κ2) is 9.59. The topological polar surface area (TPSA) is 90.9 Å². The lowest BCUT2D eigenvalue weighted by molar-refractivity contribution is -0.156. The summed E-state index contributed by atoms with van der Waals surface area (Å²) in [6.45, 7) is 8.12. The summed E-state index contributed by atoms with van der Waals surface area (Å²) in [5, 5.41) is 2.61. The van der Waals surface area contributed by atoms with Crippen LogP contribution >= 0.6 is 7.52 Å². The van der Waals surface area contributed by atoms with Crippen molar-refractivity contribution in [1.82, 2.24) is 5.09 Å². The zero-order valence-corrected chi connectivity index (χ0v) is 16.1. The number of hydrogen-bond donors (Lipinski definition) is 1. The Morgan fingerprint density at radius 2 is 1.60 bits per heavy atom. The number of carbonyl (C=O) groups excluding carboxylic acids is 2. The highest BCUT2D eigenvalue weighted by atomic mass is 31.2. The minimum absolute atomic E-state index is 0.306. The molecule has 8 heteroatoms. The van der Waals surface area contributed by atoms with Gasteiger partial charge in [0.15, 0.2) is 0 Å². The molecule has 1 aromatic carbocycles. The molecule has 140 valence electrons. The standard InChI is InChI=1S/C17H26NO6P/c1-12(2)22-16(19)11-15(17(20)23-13(3)4)18-25(5,21)24-14-9-7-6-8-10-14/h6-10,12-13,15H,11H2,1-5H3,(H,18,21)/t15-,25?/m0/s1. The summed E-state index contributed by atoms with van der Waals surface area (Å²) in [6.07, 6.45) is -0.993. The fraction of sp³-hybridized carbons (Fsp3) is 0.529. The van der Waals surface area contributed by atoms with Gasteiger partial charge in [0.05, 0.1) is 18.6 Å². The zero-order valence-electron chi connectivity index (χ0n) is 15.2. The molecular formula is C17H26NO6P. The highest BCUT2D eigenvalue weighted by Gasteiger charge is 2.32. The van der Waals surface area contributed by atoms with Crippen molar-refractivity contribution < 1.29 is 28.2 Å². The van der Waals surface area contributed by atoms with Crippen LogP contribution in [0.1, 0.15) is 34.1 Å². The van der Waals surface area contributed by atoms with Gasteiger partial charge in [-0.15, -0.1) is 0 Å². The molecule has 0 amide bonds. The first kappa shape index (κ1) is 21.2. The van der Waals surface area contributed by atoms with Crippen LogP contribution in [0.3, 0.4) is 0 Å². The molecule has 0 saturated carbocycles. The van der Waals surface area contributed by atoms with Gasteiger partial charge in [0.25, 0.3) is 0 Å². The third kappa shape index (κ3) is 8.70. The highest BCUT2D eigenvalue weighted by molar-refractivity contribution is 7.56. The summed E-state index contributed by atoms with van der Waals surface area (Å²) >= 11 is 0. The van der Waals surface area contributed by atoms with E-state index in [1.54, 1.807) is 58.0 Å². The maximum absolute atomic E-state index is 12.7. The molecule has 0 aliphatic rings. The molecule has 0 radical (unpaired) electrons. The third-order valence-electron chi connectivity index (χ3n) is 2.79. The van der Waals surface area contributed by atoms with E-state index >= 15 is 0 Å². The lowest BCUT2D eigenvalue weighted by Crippen LogP contribution is -2.40. The first-order chi connectivity index (χ1) is 11.6. The van der Waals surface area contributed by atoms with Gasteiger partial charge >= 0.3 is 19.5 Å². The summed E-state index contributed by atoms with van der Waals surface area (Å²) in [5.41, 5.74) is 0. The summed E-state index contributed by atoms with van der Waals surface area (Å²) in [7, 11) is -3.42. The Bertz CT molecular complexity index is 617. The van der Waals surface area contributed by atoms with Crippen molar-refractivity contribution in [1.29, 1.82) is 0 Å². The van der Waals surface area contributed by atoms with Crippen LogP contribution in [0.25, 0.3) is 0 Å². The van der Waals surface area contributed by atoms with Gasteiger partial charge in [-0.05, 0) is 39.8 Å². The lowest BCUT2D eigenvalue weighted by atomic mass is 10.2. The molecule has 0 saturated heterocycles. The average molecular weight is 371 g/mol. The van der Waals surface area contributed by atoms with E-state index in [1.807, 2.05) is 0 Å². The van der Waals surface area contributed by atoms with Crippen LogP contribution < -0.4 is 9.61 Å². The van der Waals surface area contributed by atoms with Crippen LogP contribution in [0.4, 0.5) is 0 Å². The van der Waals surface area contributed by atoms with Crippen LogP contribution in [0, 0.1) is 0 Å². The quantitative estimate of drug-likeness (QED) is 0.527. The largest absolute Gasteiger partial charge is 0.463 e. The van der Waals surface area contributed by atoms with Crippen molar-refractivity contribution in [2.45, 2.75) is 52.4 Å². The van der Waals surface area contributed by atoms with Gasteiger partial charge in [-0.25, -0.2) is 5.09 Å². The molecule has 1 unspecified atom stereocenters. The van der Waals surface area contributed by atoms with Gasteiger partial charge in [-0.1, -0.05) is 18.2 Å². The number of hydrogen-bond acceptors (Lipinski definition) is 6. The molecule has 0 aliphatic heterocycles. The van der Waals surface area contributed by atoms with Crippen LogP contribution in [0.15, 0.2) is 30.3 Å². The number of rotatable bonds is 9. The number of carbonyl (C=O) groups is 2. The summed E-state index contributed by atoms with van der Waals surface area (Å²) in [6, 6.07) is 7.43. The number of para-hydroxylation sites is 1. The maximum Gasteiger partial charge on any atom is 0.324 e. The van der Waals surface area contributed by atoms with Gasteiger partial charge in [-0.3, -0.25) is 14.2 Å². The summed E-state index contributed by atoms with van der Waals surface area (Å²) in [5.74, 6) is -0.885. The molecular weight excluding hydrogens is 345 g/mol. The fourth-order valence-electron chi connectivity index (χ4n) is 1.97. The Hall–Kier alpha value is -1.85. The van der Waals surface area contributed by atoms with E-state index in [4.69, 9.17) is 14.0 Å². The van der Waals surface area contributed by atoms with E-state index in [9.17, 15) is 14.2 Å². The van der Waals surface area contributed by atoms with Gasteiger partial charge in [-0.2, -0.15) is 0 Å². The number of esters is 2. The third-order valence-corrected chi connectivity index (χ3v) is 4.13. The molecule has 0 fully saturated rings. The van der Waals surface area contributed by atoms with E-state index in [2.05, 4.69) is 5.09 Å². The van der Waals surface area contributed by atoms with Crippen LogP contribution in [0.5, 0.6) is 5.75 Å². The minimum atomic E-state index is -3.42. The molecule has 0 aromatic heterocycles. The van der Waals surface area contributed by atoms with Gasteiger partial charge < -0.3 is 14.0 Å². The maximum atomic E-state index is 12.7. The van der Waals surface area contributed by atoms with Gasteiger partial charge in [0.2, 0.25) is 0 Å². The molecule has 1 rings (SSSR count). The Balaban J connectivity index is 2.84. The van der Waals surface area contributed by atoms with Gasteiger partial charge in [0, 0.05) is 6.66 Å². The first-order valence-electron chi connectivity index (χ1n) is 8.09. The van der Waals surface area contributed by atoms with Gasteiger partial charge in [0.1, 0.15) is 11.8 Å². The monoisotopic (exact) mass is 371 g/mol. The molecule has 7 nitrogen and oxygen atoms in total. The van der Waals surface area contributed by atoms with Crippen molar-refractivity contribution in [3.8, 4) is 5.75 Å². The molecule has 1 N–H and O–H groups in total. The minimum Gasteiger partial charge on any atom is -0.463 e. The van der Waals surface area contributed by atoms with Crippen LogP contribution in [0.2, 0.25) is 0 Å². The molecule has 0 bridgehead atoms. The second-order valence-electron chi connectivity index (χ2n) is 6.16. The molecule has 0 aliphatic carbocycles. The molecule has 0 spiro atoms. The smallest absolute Gasteiger partial charge is 0.324 e. The summed E-state index contributed by atoms with van der Waals surface area (Å²) < 4.78 is 28.3. The Labute approximate surface area is 148 Å². The number of nitrogens with one attached hydrogen (secondary N) is 1. The van der Waals surface area contributed by atoms with E-state index < -0.39 is 25.5 Å². The molecule has 0 heterocycles. The molecule has 2 atom stereocenters. The summed E-state index contributed by atoms with van der Waals surface area (Å²) in [4.78, 5) is 24.1. The van der Waals surface area contributed by atoms with Crippen molar-refractivity contribution >= 4 is 19.5 Å². The Kier molecular flexibility index (Phi) is 8.13. The Morgan fingerprint density at radius 3 is 2.12 bits per heavy atom. The predicted octanol–water partition coefficient (Wildman–Crippen LogP) is 3.14. The lowest BCUT2D eigenvalue weighted by Gasteiger charge is -2.23. The number of ether oxygens (including phenoxy) is 2. The Morgan fingerprint density at radius 1 is 1.04 bits per heavy atom. The van der Waals surface area contributed by atoms with Crippen molar-refractivity contribution in [2.75, 3.05) is 6.66 Å². The molecule has 25 heavy (non-hydrogen) atoms. The van der Waals surface area contributed by atoms with Crippen molar-refractivity contribution in [3.63, 3.8) is 0 Å². The first-order valence-corrected chi connectivity index (χ1v) is 10.2. The van der Waals surface area contributed by atoms with E-state index in [1.165, 1.54) is 6.66 Å². The molecule has 1 aromatic rings. The predicted molar refractivity (Wildman–Crippen MR) is 94.6 cm³/mol. The zero-order chi connectivity index (χ0) is 19.0. The SMILES string of the molecule is CC(C)OC(=O)C[C@H](NP(C)(=O)Oc1ccccc1)C(=O)OC(C)C. The van der Waals surface area contributed by atoms with Crippen LogP contribution in [-0.4, -0.2) is 36.9 Å². The second-order valence-corrected chi connectivity index (χ2v) is 8.29. The van der Waals surface area contributed by atoms with E-state index in [0.29, 0.717) is 5.75 Å². The average Bonchev–Trinajstić information content (AvgIpc) is 2.45. The van der Waals surface area contributed by atoms with E-state index in [0.717, 1.165) is 0 Å². The van der Waals surface area contributed by atoms with Crippen molar-refractivity contribution in [3.05, 3.63) is 30.3 Å². The number of benzene rings is 1. The van der Waals surface area contributed by atoms with Crippen LogP contribution in [-0.2, 0) is 23.6 Å². The fourth-order valence-corrected chi connectivity index (χ4v) is 3.31. The van der Waals surface area contributed by atoms with Crippen molar-refractivity contribution in [2.24, 2.45) is 0 Å². The van der Waals surface area contributed by atoms with E-state index in [-0.39, 0.29) is 18.6 Å². The highest BCUT2D eigenvalue weighted by Crippen LogP contribution is 2.39. The normalized spacial score (nSPS) is 14.7.